The molecule has 0 saturated heterocycles. The molecule has 1 aromatic carbocycles. The Kier molecular flexibility index (Phi) is 24.5. The smallest absolute Gasteiger partial charge is 0.0715 e. The van der Waals surface area contributed by atoms with Crippen molar-refractivity contribution in [2.45, 2.75) is 136 Å². The number of rotatable bonds is 23. The molecule has 1 aromatic rings. The maximum Gasteiger partial charge on any atom is 0.0715 e. The zero-order chi connectivity index (χ0) is 27.6. The molecule has 0 spiro atoms. The zero-order valence-corrected chi connectivity index (χ0v) is 26.3. The summed E-state index contributed by atoms with van der Waals surface area (Å²) in [5.41, 5.74) is 1.08. The topological polar surface area (TPSA) is 52.2 Å². The number of carboxylic acids is 1. The Morgan fingerprint density at radius 2 is 0.946 bits per heavy atom. The van der Waals surface area contributed by atoms with Gasteiger partial charge in [0.2, 0.25) is 0 Å². The van der Waals surface area contributed by atoms with E-state index in [0.717, 1.165) is 5.69 Å². The standard InChI is InChI=1S/C25H54P.C8H9NO2/c1-5-8-11-14-17-20-23-26(4,24-21-18-15-12-9-6-2)25-22-19-16-13-10-7-3;1-9-7-4-2-6(3-5-7)8(10)11/h5-25H2,1-4H3;2-5,9H,1H3,(H,10,11)/q+1;/p-1. The summed E-state index contributed by atoms with van der Waals surface area (Å²) < 4.78 is 0. The van der Waals surface area contributed by atoms with Crippen molar-refractivity contribution in [3.05, 3.63) is 29.8 Å². The fourth-order valence-electron chi connectivity index (χ4n) is 4.93. The van der Waals surface area contributed by atoms with Gasteiger partial charge in [-0.25, -0.2) is 0 Å². The predicted octanol–water partition coefficient (Wildman–Crippen LogP) is 9.81. The van der Waals surface area contributed by atoms with Gasteiger partial charge in [0.25, 0.3) is 0 Å². The average molecular weight is 536 g/mol. The van der Waals surface area contributed by atoms with Crippen LogP contribution in [0.15, 0.2) is 24.3 Å². The summed E-state index contributed by atoms with van der Waals surface area (Å²) in [6.07, 6.45) is 31.2. The molecule has 0 radical (unpaired) electrons. The van der Waals surface area contributed by atoms with E-state index in [1.807, 2.05) is 0 Å². The van der Waals surface area contributed by atoms with Crippen molar-refractivity contribution in [3.63, 3.8) is 0 Å². The maximum atomic E-state index is 10.3. The molecule has 0 unspecified atom stereocenters. The lowest BCUT2D eigenvalue weighted by Gasteiger charge is -2.24. The van der Waals surface area contributed by atoms with Crippen molar-refractivity contribution in [1.29, 1.82) is 0 Å². The van der Waals surface area contributed by atoms with Crippen LogP contribution in [0.25, 0.3) is 0 Å². The molecular weight excluding hydrogens is 473 g/mol. The van der Waals surface area contributed by atoms with Gasteiger partial charge in [0.05, 0.1) is 24.5 Å². The molecule has 0 aliphatic carbocycles. The normalized spacial score (nSPS) is 11.2. The average Bonchev–Trinajstić information content (AvgIpc) is 2.90. The van der Waals surface area contributed by atoms with E-state index in [0.29, 0.717) is 0 Å². The number of hydrogen-bond donors (Lipinski definition) is 1. The molecule has 1 N–H and O–H groups in total. The van der Waals surface area contributed by atoms with Crippen LogP contribution >= 0.6 is 7.26 Å². The Morgan fingerprint density at radius 3 is 1.24 bits per heavy atom. The highest BCUT2D eigenvalue weighted by Crippen LogP contribution is 2.57. The van der Waals surface area contributed by atoms with Crippen LogP contribution in [0.5, 0.6) is 0 Å². The molecule has 0 atom stereocenters. The van der Waals surface area contributed by atoms with Crippen LogP contribution in [0.2, 0.25) is 0 Å². The Morgan fingerprint density at radius 1 is 0.622 bits per heavy atom. The summed E-state index contributed by atoms with van der Waals surface area (Å²) in [5, 5.41) is 13.1. The van der Waals surface area contributed by atoms with E-state index in [9.17, 15) is 9.90 Å². The molecule has 0 bridgehead atoms. The second-order valence-electron chi connectivity index (χ2n) is 11.2. The summed E-state index contributed by atoms with van der Waals surface area (Å²) in [4.78, 5) is 10.3. The van der Waals surface area contributed by atoms with Crippen LogP contribution in [0.4, 0.5) is 5.69 Å². The van der Waals surface area contributed by atoms with E-state index in [1.54, 1.807) is 37.7 Å². The fourth-order valence-corrected chi connectivity index (χ4v) is 8.56. The highest BCUT2D eigenvalue weighted by atomic mass is 31.2. The van der Waals surface area contributed by atoms with Crippen LogP contribution in [0, 0.1) is 0 Å². The number of nitrogens with one attached hydrogen (secondary N) is 1. The van der Waals surface area contributed by atoms with Gasteiger partial charge in [-0.05, 0) is 56.2 Å². The largest absolute Gasteiger partial charge is 0.545 e. The molecule has 1 rings (SSSR count). The van der Waals surface area contributed by atoms with Crippen molar-refractivity contribution >= 4 is 18.9 Å². The number of benzene rings is 1. The Bertz CT molecular complexity index is 591. The third-order valence-corrected chi connectivity index (χ3v) is 11.8. The van der Waals surface area contributed by atoms with Crippen molar-refractivity contribution in [2.24, 2.45) is 0 Å². The van der Waals surface area contributed by atoms with E-state index in [4.69, 9.17) is 0 Å². The zero-order valence-electron chi connectivity index (χ0n) is 25.4. The van der Waals surface area contributed by atoms with Crippen molar-refractivity contribution < 1.29 is 9.90 Å². The lowest BCUT2D eigenvalue weighted by atomic mass is 10.1. The molecule has 4 heteroatoms. The summed E-state index contributed by atoms with van der Waals surface area (Å²) >= 11 is 0. The summed E-state index contributed by atoms with van der Waals surface area (Å²) in [6, 6.07) is 6.37. The van der Waals surface area contributed by atoms with Gasteiger partial charge in [-0.15, -0.1) is 0 Å². The molecule has 0 fully saturated rings. The van der Waals surface area contributed by atoms with Gasteiger partial charge >= 0.3 is 0 Å². The number of carboxylic acid groups (broad SMARTS) is 1. The molecule has 0 aliphatic rings. The van der Waals surface area contributed by atoms with E-state index in [-0.39, 0.29) is 5.56 Å². The number of carbonyl (C=O) groups excluding carboxylic acids is 1. The minimum absolute atomic E-state index is 0.198. The highest BCUT2D eigenvalue weighted by molar-refractivity contribution is 7.75. The molecule has 0 aliphatic heterocycles. The molecule has 216 valence electrons. The van der Waals surface area contributed by atoms with E-state index in [1.165, 1.54) is 128 Å². The van der Waals surface area contributed by atoms with Crippen molar-refractivity contribution in [3.8, 4) is 0 Å². The van der Waals surface area contributed by atoms with Crippen LogP contribution in [-0.2, 0) is 0 Å². The quantitative estimate of drug-likeness (QED) is 0.112. The van der Waals surface area contributed by atoms with Gasteiger partial charge in [0, 0.05) is 26.7 Å². The lowest BCUT2D eigenvalue weighted by Crippen LogP contribution is -2.21. The predicted molar refractivity (Wildman–Crippen MR) is 168 cm³/mol. The first-order valence-corrected chi connectivity index (χ1v) is 18.5. The van der Waals surface area contributed by atoms with Crippen LogP contribution in [0.1, 0.15) is 147 Å². The van der Waals surface area contributed by atoms with E-state index in [2.05, 4.69) is 32.8 Å². The number of unbranched alkanes of at least 4 members (excludes halogenated alkanes) is 15. The monoisotopic (exact) mass is 535 g/mol. The fraction of sp³-hybridized carbons (Fsp3) is 0.788. The molecular formula is C33H62NO2P. The van der Waals surface area contributed by atoms with Crippen molar-refractivity contribution in [2.75, 3.05) is 37.5 Å². The number of hydrogen-bond acceptors (Lipinski definition) is 3. The molecule has 0 saturated carbocycles. The first-order valence-electron chi connectivity index (χ1n) is 15.7. The molecule has 3 nitrogen and oxygen atoms in total. The first kappa shape index (κ1) is 35.9. The van der Waals surface area contributed by atoms with Crippen LogP contribution in [0.3, 0.4) is 0 Å². The van der Waals surface area contributed by atoms with Gasteiger partial charge in [0.15, 0.2) is 0 Å². The lowest BCUT2D eigenvalue weighted by molar-refractivity contribution is -0.255. The highest BCUT2D eigenvalue weighted by Gasteiger charge is 2.29. The molecule has 0 aromatic heterocycles. The molecule has 37 heavy (non-hydrogen) atoms. The third-order valence-electron chi connectivity index (χ3n) is 7.56. The second kappa shape index (κ2) is 25.2. The number of carbonyl (C=O) groups is 1. The van der Waals surface area contributed by atoms with Crippen LogP contribution in [-0.4, -0.2) is 38.2 Å². The number of aromatic carboxylic acids is 1. The Balaban J connectivity index is 0.000000970. The van der Waals surface area contributed by atoms with E-state index >= 15 is 0 Å². The van der Waals surface area contributed by atoms with Gasteiger partial charge in [-0.1, -0.05) is 110 Å². The second-order valence-corrected chi connectivity index (χ2v) is 15.8. The minimum atomic E-state index is -1.15. The Hall–Kier alpha value is -1.08. The number of anilines is 1. The third kappa shape index (κ3) is 21.5. The molecule has 0 amide bonds. The van der Waals surface area contributed by atoms with Gasteiger partial charge in [-0.3, -0.25) is 0 Å². The van der Waals surface area contributed by atoms with Gasteiger partial charge in [-0.2, -0.15) is 0 Å². The summed E-state index contributed by atoms with van der Waals surface area (Å²) in [5.74, 6) is -1.15. The summed E-state index contributed by atoms with van der Waals surface area (Å²) in [6.45, 7) is 9.70. The van der Waals surface area contributed by atoms with E-state index < -0.39 is 13.2 Å². The Labute approximate surface area is 232 Å². The maximum absolute atomic E-state index is 10.3. The molecule has 0 heterocycles. The van der Waals surface area contributed by atoms with Gasteiger partial charge in [0.1, 0.15) is 0 Å². The van der Waals surface area contributed by atoms with Crippen LogP contribution < -0.4 is 10.4 Å². The first-order chi connectivity index (χ1) is 17.9. The van der Waals surface area contributed by atoms with Gasteiger partial charge < -0.3 is 15.2 Å². The SMILES string of the molecule is CCCCCCCC[P+](C)(CCCCCCCC)CCCCCCCC.CNc1ccc(C(=O)[O-])cc1. The minimum Gasteiger partial charge on any atom is -0.545 e. The van der Waals surface area contributed by atoms with Crippen molar-refractivity contribution in [1.82, 2.24) is 0 Å². The summed E-state index contributed by atoms with van der Waals surface area (Å²) in [7, 11) is 1.14.